The normalized spacial score (nSPS) is 10.2. The largest absolute Gasteiger partial charge is 0.466 e. The first-order chi connectivity index (χ1) is 9.10. The van der Waals surface area contributed by atoms with Crippen molar-refractivity contribution in [1.29, 1.82) is 0 Å². The number of hydrogen-bond donors (Lipinski definition) is 1. The van der Waals surface area contributed by atoms with Crippen molar-refractivity contribution in [2.45, 2.75) is 33.2 Å². The van der Waals surface area contributed by atoms with Gasteiger partial charge < -0.3 is 19.8 Å². The number of nitrogens with two attached hydrogens (primary N) is 1. The van der Waals surface area contributed by atoms with Crippen molar-refractivity contribution in [2.75, 3.05) is 18.9 Å². The predicted octanol–water partition coefficient (Wildman–Crippen LogP) is 1.59. The van der Waals surface area contributed by atoms with Gasteiger partial charge in [0.05, 0.1) is 18.9 Å². The van der Waals surface area contributed by atoms with Crippen molar-refractivity contribution in [1.82, 2.24) is 4.57 Å². The van der Waals surface area contributed by atoms with Crippen LogP contribution in [0.3, 0.4) is 0 Å². The predicted molar refractivity (Wildman–Crippen MR) is 70.7 cm³/mol. The van der Waals surface area contributed by atoms with Gasteiger partial charge in [0.15, 0.2) is 5.69 Å². The van der Waals surface area contributed by atoms with Crippen LogP contribution in [0.5, 0.6) is 0 Å². The average Bonchev–Trinajstić information content (AvgIpc) is 2.71. The van der Waals surface area contributed by atoms with Gasteiger partial charge in [-0.15, -0.1) is 0 Å². The highest BCUT2D eigenvalue weighted by Crippen LogP contribution is 2.16. The van der Waals surface area contributed by atoms with E-state index in [0.29, 0.717) is 44.0 Å². The van der Waals surface area contributed by atoms with Gasteiger partial charge in [0, 0.05) is 19.2 Å². The Kier molecular flexibility index (Phi) is 5.92. The molecule has 0 atom stereocenters. The Bertz CT molecular complexity index is 440. The van der Waals surface area contributed by atoms with Gasteiger partial charge in [-0.2, -0.15) is 0 Å². The van der Waals surface area contributed by atoms with Crippen LogP contribution < -0.4 is 5.73 Å². The summed E-state index contributed by atoms with van der Waals surface area (Å²) in [5.41, 5.74) is 6.46. The van der Waals surface area contributed by atoms with Gasteiger partial charge in [-0.05, 0) is 26.3 Å². The molecule has 0 spiro atoms. The van der Waals surface area contributed by atoms with Crippen molar-refractivity contribution in [3.05, 3.63) is 18.0 Å². The zero-order chi connectivity index (χ0) is 14.3. The second-order valence-corrected chi connectivity index (χ2v) is 3.94. The molecule has 0 aliphatic heterocycles. The Hall–Kier alpha value is -1.98. The van der Waals surface area contributed by atoms with Crippen LogP contribution in [-0.2, 0) is 20.8 Å². The van der Waals surface area contributed by atoms with Crippen molar-refractivity contribution in [2.24, 2.45) is 0 Å². The summed E-state index contributed by atoms with van der Waals surface area (Å²) in [5.74, 6) is -0.679. The van der Waals surface area contributed by atoms with E-state index in [4.69, 9.17) is 15.2 Å². The molecule has 0 radical (unpaired) electrons. The van der Waals surface area contributed by atoms with Crippen molar-refractivity contribution in [3.8, 4) is 0 Å². The second-order valence-electron chi connectivity index (χ2n) is 3.94. The number of anilines is 1. The van der Waals surface area contributed by atoms with Crippen LogP contribution in [0.25, 0.3) is 0 Å². The van der Waals surface area contributed by atoms with E-state index in [1.165, 1.54) is 0 Å². The molecule has 0 aromatic carbocycles. The van der Waals surface area contributed by atoms with E-state index in [1.807, 2.05) is 0 Å². The van der Waals surface area contributed by atoms with Gasteiger partial charge in [0.2, 0.25) is 0 Å². The molecule has 0 aliphatic rings. The lowest BCUT2D eigenvalue weighted by Gasteiger charge is -2.09. The summed E-state index contributed by atoms with van der Waals surface area (Å²) in [6.07, 6.45) is 2.61. The van der Waals surface area contributed by atoms with Crippen molar-refractivity contribution in [3.63, 3.8) is 0 Å². The number of aryl methyl sites for hydroxylation is 1. The SMILES string of the molecule is CCOC(=O)CCCn1ccc(N)c1C(=O)OCC. The first-order valence-electron chi connectivity index (χ1n) is 6.37. The molecule has 106 valence electrons. The van der Waals surface area contributed by atoms with E-state index >= 15 is 0 Å². The number of nitrogen functional groups attached to an aromatic ring is 1. The molecule has 0 fully saturated rings. The summed E-state index contributed by atoms with van der Waals surface area (Å²) in [5, 5.41) is 0. The Balaban J connectivity index is 2.59. The summed E-state index contributed by atoms with van der Waals surface area (Å²) in [7, 11) is 0. The van der Waals surface area contributed by atoms with E-state index in [1.54, 1.807) is 30.7 Å². The summed E-state index contributed by atoms with van der Waals surface area (Å²) in [6.45, 7) is 4.70. The maximum Gasteiger partial charge on any atom is 0.357 e. The highest BCUT2D eigenvalue weighted by atomic mass is 16.5. The Morgan fingerprint density at radius 1 is 1.26 bits per heavy atom. The zero-order valence-electron chi connectivity index (χ0n) is 11.3. The van der Waals surface area contributed by atoms with Gasteiger partial charge in [-0.3, -0.25) is 4.79 Å². The molecule has 1 aromatic rings. The molecule has 0 unspecified atom stereocenters. The number of rotatable bonds is 7. The Morgan fingerprint density at radius 3 is 2.58 bits per heavy atom. The standard InChI is InChI=1S/C13H20N2O4/c1-3-18-11(16)6-5-8-15-9-7-10(14)12(15)13(17)19-4-2/h7,9H,3-6,8,14H2,1-2H3. The molecule has 0 amide bonds. The van der Waals surface area contributed by atoms with Gasteiger partial charge in [0.1, 0.15) is 0 Å². The maximum atomic E-state index is 11.7. The third-order valence-corrected chi connectivity index (χ3v) is 2.55. The van der Waals surface area contributed by atoms with E-state index < -0.39 is 5.97 Å². The molecule has 0 saturated heterocycles. The zero-order valence-corrected chi connectivity index (χ0v) is 11.3. The minimum Gasteiger partial charge on any atom is -0.466 e. The molecule has 1 aromatic heterocycles. The number of hydrogen-bond acceptors (Lipinski definition) is 5. The first-order valence-corrected chi connectivity index (χ1v) is 6.37. The molecule has 6 heteroatoms. The molecule has 0 bridgehead atoms. The van der Waals surface area contributed by atoms with Crippen LogP contribution in [-0.4, -0.2) is 29.7 Å². The highest BCUT2D eigenvalue weighted by Gasteiger charge is 2.16. The Labute approximate surface area is 112 Å². The number of esters is 2. The lowest BCUT2D eigenvalue weighted by atomic mass is 10.3. The van der Waals surface area contributed by atoms with E-state index in [0.717, 1.165) is 0 Å². The topological polar surface area (TPSA) is 83.5 Å². The Morgan fingerprint density at radius 2 is 1.95 bits per heavy atom. The van der Waals surface area contributed by atoms with Crippen LogP contribution in [0, 0.1) is 0 Å². The fourth-order valence-corrected chi connectivity index (χ4v) is 1.74. The quantitative estimate of drug-likeness (QED) is 0.759. The summed E-state index contributed by atoms with van der Waals surface area (Å²) < 4.78 is 11.5. The lowest BCUT2D eigenvalue weighted by molar-refractivity contribution is -0.143. The summed E-state index contributed by atoms with van der Waals surface area (Å²) in [4.78, 5) is 22.9. The maximum absolute atomic E-state index is 11.7. The molecule has 1 heterocycles. The van der Waals surface area contributed by atoms with Gasteiger partial charge in [-0.25, -0.2) is 4.79 Å². The average molecular weight is 268 g/mol. The van der Waals surface area contributed by atoms with E-state index in [2.05, 4.69) is 0 Å². The van der Waals surface area contributed by atoms with Gasteiger partial charge in [0.25, 0.3) is 0 Å². The van der Waals surface area contributed by atoms with Crippen LogP contribution in [0.15, 0.2) is 12.3 Å². The molecule has 0 saturated carbocycles. The number of carbonyl (C=O) groups is 2. The smallest absolute Gasteiger partial charge is 0.357 e. The molecule has 0 aliphatic carbocycles. The van der Waals surface area contributed by atoms with Crippen LogP contribution in [0.2, 0.25) is 0 Å². The third kappa shape index (κ3) is 4.31. The van der Waals surface area contributed by atoms with Crippen molar-refractivity contribution >= 4 is 17.6 Å². The summed E-state index contributed by atoms with van der Waals surface area (Å²) >= 11 is 0. The molecule has 2 N–H and O–H groups in total. The van der Waals surface area contributed by atoms with Crippen molar-refractivity contribution < 1.29 is 19.1 Å². The lowest BCUT2D eigenvalue weighted by Crippen LogP contribution is -2.14. The number of aromatic nitrogens is 1. The number of ether oxygens (including phenoxy) is 2. The van der Waals surface area contributed by atoms with E-state index in [-0.39, 0.29) is 5.97 Å². The number of carbonyl (C=O) groups excluding carboxylic acids is 2. The monoisotopic (exact) mass is 268 g/mol. The number of nitrogens with zero attached hydrogens (tertiary/aromatic N) is 1. The molecule has 1 rings (SSSR count). The minimum absolute atomic E-state index is 0.236. The molecule has 6 nitrogen and oxygen atoms in total. The highest BCUT2D eigenvalue weighted by molar-refractivity contribution is 5.93. The second kappa shape index (κ2) is 7.45. The summed E-state index contributed by atoms with van der Waals surface area (Å²) in [6, 6.07) is 1.65. The van der Waals surface area contributed by atoms with Gasteiger partial charge in [-0.1, -0.05) is 0 Å². The fourth-order valence-electron chi connectivity index (χ4n) is 1.74. The molecular weight excluding hydrogens is 248 g/mol. The van der Waals surface area contributed by atoms with E-state index in [9.17, 15) is 9.59 Å². The molecular formula is C13H20N2O4. The minimum atomic E-state index is -0.443. The van der Waals surface area contributed by atoms with Crippen LogP contribution in [0.1, 0.15) is 37.2 Å². The van der Waals surface area contributed by atoms with Crippen LogP contribution >= 0.6 is 0 Å². The third-order valence-electron chi connectivity index (χ3n) is 2.55. The first kappa shape index (κ1) is 15.1. The van der Waals surface area contributed by atoms with Gasteiger partial charge >= 0.3 is 11.9 Å². The van der Waals surface area contributed by atoms with Crippen LogP contribution in [0.4, 0.5) is 5.69 Å². The fraction of sp³-hybridized carbons (Fsp3) is 0.538. The molecule has 19 heavy (non-hydrogen) atoms.